The number of fused-ring (bicyclic) bond motifs is 4. The number of nitrogens with two attached hydrogens (primary N) is 1. The minimum atomic E-state index is -1.80. The van der Waals surface area contributed by atoms with E-state index < -0.39 is 43.8 Å². The van der Waals surface area contributed by atoms with Gasteiger partial charge in [0.05, 0.1) is 31.0 Å². The fraction of sp³-hybridized carbons (Fsp3) is 0.727. The summed E-state index contributed by atoms with van der Waals surface area (Å²) in [5, 5.41) is 20.3. The molecule has 0 spiro atoms. The van der Waals surface area contributed by atoms with Crippen LogP contribution in [0.25, 0.3) is 11.2 Å². The van der Waals surface area contributed by atoms with Gasteiger partial charge in [-0.25, -0.2) is 14.0 Å². The number of aromatic nitrogens is 4. The first-order valence-corrected chi connectivity index (χ1v) is 13.2. The van der Waals surface area contributed by atoms with Crippen LogP contribution in [-0.2, 0) is 13.8 Å². The Labute approximate surface area is 208 Å². The number of hydrogen-bond donors (Lipinski definition) is 3. The number of nitrogens with one attached hydrogen (secondary N) is 1. The highest BCUT2D eigenvalue weighted by atomic mass is 31.2. The smallest absolute Gasteiger partial charge is 0.280 e. The number of aromatic amines is 1. The molecular formula is C22H31FN7O5P. The number of nitrogen functional groups attached to an aromatic ring is 1. The van der Waals surface area contributed by atoms with Gasteiger partial charge < -0.3 is 24.6 Å². The van der Waals surface area contributed by atoms with Gasteiger partial charge in [0.1, 0.15) is 11.7 Å². The summed E-state index contributed by atoms with van der Waals surface area (Å²) >= 11 is 0. The molecule has 3 heterocycles. The largest absolute Gasteiger partial charge is 0.387 e. The van der Waals surface area contributed by atoms with Crippen LogP contribution in [0.2, 0.25) is 0 Å². The second-order valence-corrected chi connectivity index (χ2v) is 11.7. The number of H-pyrrole nitrogens is 1. The summed E-state index contributed by atoms with van der Waals surface area (Å²) in [5.74, 6) is -0.283. The van der Waals surface area contributed by atoms with Crippen LogP contribution in [0, 0.1) is 17.2 Å². The third kappa shape index (κ3) is 3.83. The van der Waals surface area contributed by atoms with Gasteiger partial charge in [-0.1, -0.05) is 0 Å². The maximum absolute atomic E-state index is 16.6. The summed E-state index contributed by atoms with van der Waals surface area (Å²) in [6.07, 6.45) is -1.75. The van der Waals surface area contributed by atoms with Crippen LogP contribution in [-0.4, -0.2) is 71.5 Å². The molecule has 5 rings (SSSR count). The summed E-state index contributed by atoms with van der Waals surface area (Å²) in [6.45, 7) is 8.10. The molecule has 3 fully saturated rings. The molecule has 196 valence electrons. The van der Waals surface area contributed by atoms with E-state index in [2.05, 4.69) is 21.0 Å². The number of anilines is 1. The van der Waals surface area contributed by atoms with Crippen molar-refractivity contribution in [1.82, 2.24) is 24.2 Å². The van der Waals surface area contributed by atoms with Crippen molar-refractivity contribution < 1.29 is 23.3 Å². The number of aliphatic hydroxyl groups is 1. The van der Waals surface area contributed by atoms with Crippen LogP contribution in [0.1, 0.15) is 53.2 Å². The van der Waals surface area contributed by atoms with Crippen molar-refractivity contribution in [2.75, 3.05) is 12.3 Å². The number of hydrogen-bond acceptors (Lipinski definition) is 10. The zero-order valence-electron chi connectivity index (χ0n) is 20.6. The van der Waals surface area contributed by atoms with Gasteiger partial charge in [-0.2, -0.15) is 10.2 Å². The number of rotatable bonds is 9. The van der Waals surface area contributed by atoms with Crippen LogP contribution in [0.15, 0.2) is 11.1 Å². The van der Waals surface area contributed by atoms with Gasteiger partial charge in [0.25, 0.3) is 14.1 Å². The van der Waals surface area contributed by atoms with Crippen LogP contribution in [0.4, 0.5) is 10.3 Å². The Morgan fingerprint density at radius 3 is 2.83 bits per heavy atom. The lowest BCUT2D eigenvalue weighted by atomic mass is 9.91. The molecule has 0 radical (unpaired) electrons. The van der Waals surface area contributed by atoms with E-state index in [4.69, 9.17) is 24.8 Å². The molecule has 36 heavy (non-hydrogen) atoms. The SMILES string of the molecule is CC(C)N(C(C)C)P(OCCC#N)O[C@]12C[C@@H]3C[C@]3(O)[C@H]1O[C@@H](n1cnc3c(=O)[nH]c(N)nc31)[C@@H]2F. The van der Waals surface area contributed by atoms with Gasteiger partial charge in [0, 0.05) is 12.1 Å². The molecule has 4 N–H and O–H groups in total. The summed E-state index contributed by atoms with van der Waals surface area (Å²) in [7, 11) is -1.80. The van der Waals surface area contributed by atoms with Gasteiger partial charge in [-0.15, -0.1) is 0 Å². The second-order valence-electron chi connectivity index (χ2n) is 10.3. The maximum Gasteiger partial charge on any atom is 0.280 e. The monoisotopic (exact) mass is 523 g/mol. The second kappa shape index (κ2) is 8.97. The number of imidazole rings is 1. The number of nitriles is 1. The van der Waals surface area contributed by atoms with Crippen LogP contribution in [0.3, 0.4) is 0 Å². The third-order valence-electron chi connectivity index (χ3n) is 7.21. The Balaban J connectivity index is 1.53. The molecule has 14 heteroatoms. The molecule has 2 aliphatic carbocycles. The van der Waals surface area contributed by atoms with Crippen LogP contribution < -0.4 is 11.3 Å². The fourth-order valence-electron chi connectivity index (χ4n) is 5.66. The van der Waals surface area contributed by atoms with Crippen molar-refractivity contribution in [1.29, 1.82) is 5.26 Å². The molecule has 2 aromatic heterocycles. The first-order chi connectivity index (χ1) is 17.0. The van der Waals surface area contributed by atoms with Crippen LogP contribution >= 0.6 is 8.53 Å². The highest BCUT2D eigenvalue weighted by Crippen LogP contribution is 2.70. The van der Waals surface area contributed by atoms with Crippen molar-refractivity contribution in [2.24, 2.45) is 5.92 Å². The molecule has 12 nitrogen and oxygen atoms in total. The molecule has 0 bridgehead atoms. The summed E-state index contributed by atoms with van der Waals surface area (Å²) in [4.78, 5) is 22.8. The molecule has 0 aromatic carbocycles. The van der Waals surface area contributed by atoms with E-state index in [1.54, 1.807) is 0 Å². The van der Waals surface area contributed by atoms with E-state index in [0.29, 0.717) is 6.42 Å². The van der Waals surface area contributed by atoms with E-state index in [9.17, 15) is 9.90 Å². The van der Waals surface area contributed by atoms with E-state index >= 15 is 4.39 Å². The minimum absolute atomic E-state index is 0.00270. The quantitative estimate of drug-likeness (QED) is 0.327. The van der Waals surface area contributed by atoms with Crippen molar-refractivity contribution in [3.05, 3.63) is 16.7 Å². The van der Waals surface area contributed by atoms with E-state index in [1.807, 2.05) is 32.4 Å². The summed E-state index contributed by atoms with van der Waals surface area (Å²) in [6, 6.07) is 2.08. The molecule has 1 aliphatic heterocycles. The average molecular weight is 524 g/mol. The number of alkyl halides is 1. The van der Waals surface area contributed by atoms with Crippen molar-refractivity contribution in [3.8, 4) is 6.07 Å². The van der Waals surface area contributed by atoms with Crippen molar-refractivity contribution in [2.45, 2.75) is 88.7 Å². The lowest BCUT2D eigenvalue weighted by Crippen LogP contribution is -2.50. The molecule has 2 aromatic rings. The Bertz CT molecular complexity index is 1240. The van der Waals surface area contributed by atoms with Gasteiger partial charge in [0.2, 0.25) is 5.95 Å². The molecule has 2 saturated carbocycles. The zero-order chi connectivity index (χ0) is 26.0. The number of ether oxygens (including phenoxy) is 1. The first-order valence-electron chi connectivity index (χ1n) is 12.0. The molecule has 7 atom stereocenters. The van der Waals surface area contributed by atoms with E-state index in [1.165, 1.54) is 10.9 Å². The third-order valence-corrected chi connectivity index (χ3v) is 9.41. The van der Waals surface area contributed by atoms with Gasteiger partial charge >= 0.3 is 0 Å². The molecule has 1 unspecified atom stereocenters. The standard InChI is InChI=1S/C22H31FN7O5P/c1-11(2)30(12(3)4)36(33-7-5-6-24)35-22-9-13-8-21(13,32)19(22)34-18(15(22)23)29-10-26-14-16(29)27-20(25)28-17(14)31/h10-13,15,18-19,32H,5,7-9H2,1-4H3,(H3,25,27,28,31)/t13-,15-,18+,19+,21+,22-,36?/m0/s1. The van der Waals surface area contributed by atoms with Gasteiger partial charge in [-0.05, 0) is 46.5 Å². The molecule has 0 amide bonds. The summed E-state index contributed by atoms with van der Waals surface area (Å²) in [5.41, 5.74) is 2.55. The molecule has 1 saturated heterocycles. The highest BCUT2D eigenvalue weighted by Gasteiger charge is 2.80. The number of halogens is 1. The van der Waals surface area contributed by atoms with Gasteiger partial charge in [0.15, 0.2) is 23.6 Å². The van der Waals surface area contributed by atoms with E-state index in [0.717, 1.165) is 0 Å². The molecular weight excluding hydrogens is 492 g/mol. The highest BCUT2D eigenvalue weighted by molar-refractivity contribution is 7.44. The average Bonchev–Trinajstić information content (AvgIpc) is 3.05. The lowest BCUT2D eigenvalue weighted by molar-refractivity contribution is -0.102. The maximum atomic E-state index is 16.6. The Kier molecular flexibility index (Phi) is 6.34. The predicted molar refractivity (Wildman–Crippen MR) is 128 cm³/mol. The minimum Gasteiger partial charge on any atom is -0.387 e. The van der Waals surface area contributed by atoms with Crippen molar-refractivity contribution >= 4 is 25.6 Å². The first kappa shape index (κ1) is 25.4. The van der Waals surface area contributed by atoms with Crippen LogP contribution in [0.5, 0.6) is 0 Å². The topological polar surface area (TPSA) is 165 Å². The van der Waals surface area contributed by atoms with Crippen molar-refractivity contribution in [3.63, 3.8) is 0 Å². The zero-order valence-corrected chi connectivity index (χ0v) is 21.5. The molecule has 3 aliphatic rings. The Morgan fingerprint density at radius 2 is 2.17 bits per heavy atom. The Hall–Kier alpha value is -2.20. The summed E-state index contributed by atoms with van der Waals surface area (Å²) < 4.78 is 38.7. The number of nitrogens with zero attached hydrogens (tertiary/aromatic N) is 5. The van der Waals surface area contributed by atoms with Gasteiger partial charge in [-0.3, -0.25) is 14.3 Å². The normalized spacial score (nSPS) is 33.9. The fourth-order valence-corrected chi connectivity index (χ4v) is 7.50. The lowest BCUT2D eigenvalue weighted by Gasteiger charge is -2.42. The Morgan fingerprint density at radius 1 is 1.44 bits per heavy atom. The predicted octanol–water partition coefficient (Wildman–Crippen LogP) is 2.12. The van der Waals surface area contributed by atoms with E-state index in [-0.39, 0.29) is 54.6 Å².